The van der Waals surface area contributed by atoms with Crippen LogP contribution in [-0.2, 0) is 0 Å². The van der Waals surface area contributed by atoms with E-state index in [1.54, 1.807) is 36.5 Å². The number of aromatic hydroxyl groups is 1. The second-order valence-corrected chi connectivity index (χ2v) is 4.03. The average molecular weight is 254 g/mol. The van der Waals surface area contributed by atoms with Crippen LogP contribution in [0.4, 0.5) is 5.69 Å². The molecule has 0 fully saturated rings. The van der Waals surface area contributed by atoms with E-state index < -0.39 is 0 Å². The zero-order valence-corrected chi connectivity index (χ0v) is 9.79. The van der Waals surface area contributed by atoms with Crippen LogP contribution in [-0.4, -0.2) is 26.2 Å². The Morgan fingerprint density at radius 2 is 2.16 bits per heavy atom. The number of fused-ring (bicyclic) bond motifs is 1. The Labute approximate surface area is 108 Å². The molecule has 0 saturated carbocycles. The van der Waals surface area contributed by atoms with Gasteiger partial charge in [-0.2, -0.15) is 5.10 Å². The highest BCUT2D eigenvalue weighted by Crippen LogP contribution is 2.21. The summed E-state index contributed by atoms with van der Waals surface area (Å²) in [6, 6.07) is 8.20. The number of hydrogen-bond acceptors (Lipinski definition) is 4. The van der Waals surface area contributed by atoms with Gasteiger partial charge in [-0.05, 0) is 30.3 Å². The first-order valence-electron chi connectivity index (χ1n) is 5.62. The van der Waals surface area contributed by atoms with Gasteiger partial charge in [-0.3, -0.25) is 14.9 Å². The molecule has 6 heteroatoms. The third kappa shape index (κ3) is 2.23. The Kier molecular flexibility index (Phi) is 2.60. The third-order valence-electron chi connectivity index (χ3n) is 2.67. The number of hydrogen-bond donors (Lipinski definition) is 3. The minimum Gasteiger partial charge on any atom is -0.508 e. The van der Waals surface area contributed by atoms with Crippen LogP contribution in [0.15, 0.2) is 42.7 Å². The van der Waals surface area contributed by atoms with Crippen molar-refractivity contribution in [1.29, 1.82) is 0 Å². The van der Waals surface area contributed by atoms with E-state index in [1.807, 2.05) is 0 Å². The minimum atomic E-state index is -0.293. The molecule has 3 N–H and O–H groups in total. The number of carbonyl (C=O) groups is 1. The fraction of sp³-hybridized carbons (Fsp3) is 0. The highest BCUT2D eigenvalue weighted by molar-refractivity contribution is 6.03. The quantitative estimate of drug-likeness (QED) is 0.651. The van der Waals surface area contributed by atoms with Crippen LogP contribution in [0.3, 0.4) is 0 Å². The number of anilines is 1. The van der Waals surface area contributed by atoms with E-state index in [0.29, 0.717) is 11.4 Å². The summed E-state index contributed by atoms with van der Waals surface area (Å²) in [6.07, 6.45) is 3.07. The summed E-state index contributed by atoms with van der Waals surface area (Å²) >= 11 is 0. The molecule has 19 heavy (non-hydrogen) atoms. The molecule has 0 aliphatic carbocycles. The van der Waals surface area contributed by atoms with E-state index in [2.05, 4.69) is 20.5 Å². The maximum Gasteiger partial charge on any atom is 0.273 e. The van der Waals surface area contributed by atoms with E-state index >= 15 is 0 Å². The summed E-state index contributed by atoms with van der Waals surface area (Å²) in [5.41, 5.74) is 1.67. The van der Waals surface area contributed by atoms with E-state index in [9.17, 15) is 9.90 Å². The summed E-state index contributed by atoms with van der Waals surface area (Å²) in [4.78, 5) is 16.0. The van der Waals surface area contributed by atoms with Gasteiger partial charge in [-0.25, -0.2) is 0 Å². The molecule has 2 aromatic heterocycles. The molecule has 0 aliphatic heterocycles. The van der Waals surface area contributed by atoms with Gasteiger partial charge in [-0.1, -0.05) is 0 Å². The molecule has 1 amide bonds. The summed E-state index contributed by atoms with van der Waals surface area (Å²) < 4.78 is 0. The number of pyridine rings is 1. The number of phenols is 1. The zero-order valence-electron chi connectivity index (χ0n) is 9.79. The second-order valence-electron chi connectivity index (χ2n) is 4.03. The highest BCUT2D eigenvalue weighted by Gasteiger charge is 2.07. The lowest BCUT2D eigenvalue weighted by atomic mass is 10.2. The van der Waals surface area contributed by atoms with E-state index in [1.165, 1.54) is 6.20 Å². The average Bonchev–Trinajstić information content (AvgIpc) is 2.92. The van der Waals surface area contributed by atoms with Crippen LogP contribution in [0, 0.1) is 0 Å². The molecule has 94 valence electrons. The van der Waals surface area contributed by atoms with Crippen LogP contribution < -0.4 is 5.32 Å². The van der Waals surface area contributed by atoms with Crippen molar-refractivity contribution in [3.05, 3.63) is 48.4 Å². The van der Waals surface area contributed by atoms with E-state index in [0.717, 1.165) is 10.9 Å². The van der Waals surface area contributed by atoms with Crippen LogP contribution in [0.25, 0.3) is 10.9 Å². The van der Waals surface area contributed by atoms with E-state index in [-0.39, 0.29) is 11.7 Å². The van der Waals surface area contributed by atoms with Gasteiger partial charge in [0, 0.05) is 11.6 Å². The van der Waals surface area contributed by atoms with Crippen molar-refractivity contribution in [2.24, 2.45) is 0 Å². The van der Waals surface area contributed by atoms with Crippen molar-refractivity contribution >= 4 is 22.5 Å². The summed E-state index contributed by atoms with van der Waals surface area (Å²) in [5.74, 6) is -0.134. The van der Waals surface area contributed by atoms with Gasteiger partial charge in [0.1, 0.15) is 11.4 Å². The smallest absolute Gasteiger partial charge is 0.273 e. The Hall–Kier alpha value is -2.89. The lowest BCUT2D eigenvalue weighted by molar-refractivity contribution is 0.102. The largest absolute Gasteiger partial charge is 0.508 e. The maximum atomic E-state index is 11.8. The Morgan fingerprint density at radius 1 is 1.26 bits per heavy atom. The molecule has 6 nitrogen and oxygen atoms in total. The third-order valence-corrected chi connectivity index (χ3v) is 2.67. The Morgan fingerprint density at radius 3 is 2.95 bits per heavy atom. The molecule has 0 atom stereocenters. The number of aromatic nitrogens is 3. The second kappa shape index (κ2) is 4.41. The molecule has 1 aromatic carbocycles. The molecular weight excluding hydrogens is 244 g/mol. The van der Waals surface area contributed by atoms with Crippen LogP contribution in [0.2, 0.25) is 0 Å². The van der Waals surface area contributed by atoms with Gasteiger partial charge >= 0.3 is 0 Å². The van der Waals surface area contributed by atoms with Crippen LogP contribution >= 0.6 is 0 Å². The molecule has 0 unspecified atom stereocenters. The highest BCUT2D eigenvalue weighted by atomic mass is 16.3. The number of carbonyl (C=O) groups excluding carboxylic acids is 1. The van der Waals surface area contributed by atoms with Gasteiger partial charge in [0.15, 0.2) is 0 Å². The molecule has 0 aliphatic rings. The number of phenolic OH excluding ortho intramolecular Hbond substituents is 1. The van der Waals surface area contributed by atoms with Gasteiger partial charge in [0.2, 0.25) is 0 Å². The van der Waals surface area contributed by atoms with Crippen molar-refractivity contribution < 1.29 is 9.90 Å². The maximum absolute atomic E-state index is 11.8. The number of aromatic amines is 1. The molecular formula is C13H10N4O2. The van der Waals surface area contributed by atoms with Gasteiger partial charge in [0.05, 0.1) is 17.4 Å². The molecule has 0 bridgehead atoms. The molecule has 3 rings (SSSR count). The zero-order chi connectivity index (χ0) is 13.2. The molecule has 0 spiro atoms. The fourth-order valence-electron chi connectivity index (χ4n) is 1.77. The normalized spacial score (nSPS) is 10.5. The van der Waals surface area contributed by atoms with Crippen molar-refractivity contribution in [3.63, 3.8) is 0 Å². The molecule has 2 heterocycles. The lowest BCUT2D eigenvalue weighted by Crippen LogP contribution is -2.12. The van der Waals surface area contributed by atoms with Crippen LogP contribution in [0.1, 0.15) is 10.5 Å². The minimum absolute atomic E-state index is 0.159. The van der Waals surface area contributed by atoms with Gasteiger partial charge in [-0.15, -0.1) is 0 Å². The van der Waals surface area contributed by atoms with E-state index in [4.69, 9.17) is 0 Å². The van der Waals surface area contributed by atoms with Gasteiger partial charge in [0.25, 0.3) is 5.91 Å². The number of nitrogens with zero attached hydrogens (tertiary/aromatic N) is 2. The summed E-state index contributed by atoms with van der Waals surface area (Å²) in [5, 5.41) is 19.2. The number of H-pyrrole nitrogens is 1. The number of nitrogens with one attached hydrogen (secondary N) is 2. The standard InChI is InChI=1S/C13H10N4O2/c18-10-1-2-11-8(6-10)5-9(7-14-11)16-13(19)12-3-4-15-17-12/h1-7,18H,(H,15,17)(H,16,19). The van der Waals surface area contributed by atoms with Crippen molar-refractivity contribution in [1.82, 2.24) is 15.2 Å². The van der Waals surface area contributed by atoms with Crippen molar-refractivity contribution in [3.8, 4) is 5.75 Å². The monoisotopic (exact) mass is 254 g/mol. The SMILES string of the molecule is O=C(Nc1cnc2ccc(O)cc2c1)c1ccn[nH]1. The predicted octanol–water partition coefficient (Wildman–Crippen LogP) is 1.92. The van der Waals surface area contributed by atoms with Crippen molar-refractivity contribution in [2.75, 3.05) is 5.32 Å². The Balaban J connectivity index is 1.91. The van der Waals surface area contributed by atoms with Crippen molar-refractivity contribution in [2.45, 2.75) is 0 Å². The first-order chi connectivity index (χ1) is 9.22. The molecule has 0 saturated heterocycles. The number of amides is 1. The topological polar surface area (TPSA) is 90.9 Å². The number of benzene rings is 1. The fourth-order valence-corrected chi connectivity index (χ4v) is 1.77. The first-order valence-corrected chi connectivity index (χ1v) is 5.62. The Bertz CT molecular complexity index is 737. The molecule has 3 aromatic rings. The summed E-state index contributed by atoms with van der Waals surface area (Å²) in [7, 11) is 0. The molecule has 0 radical (unpaired) electrons. The number of rotatable bonds is 2. The first kappa shape index (κ1) is 11.2. The van der Waals surface area contributed by atoms with Gasteiger partial charge < -0.3 is 10.4 Å². The lowest BCUT2D eigenvalue weighted by Gasteiger charge is -2.05. The van der Waals surface area contributed by atoms with Crippen LogP contribution in [0.5, 0.6) is 5.75 Å². The predicted molar refractivity (Wildman–Crippen MR) is 69.9 cm³/mol. The summed E-state index contributed by atoms with van der Waals surface area (Å²) in [6.45, 7) is 0.